The number of nitrogens with zero attached hydrogens (tertiary/aromatic N) is 4. The Morgan fingerprint density at radius 1 is 1.13 bits per heavy atom. The fourth-order valence-electron chi connectivity index (χ4n) is 2.92. The van der Waals surface area contributed by atoms with Gasteiger partial charge in [0.2, 0.25) is 0 Å². The van der Waals surface area contributed by atoms with Crippen LogP contribution >= 0.6 is 0 Å². The molecule has 1 saturated carbocycles. The molecule has 1 aliphatic rings. The van der Waals surface area contributed by atoms with Crippen molar-refractivity contribution in [2.24, 2.45) is 0 Å². The molecule has 122 valence electrons. The van der Waals surface area contributed by atoms with Crippen LogP contribution in [0.15, 0.2) is 18.5 Å². The first kappa shape index (κ1) is 15.4. The number of rotatable bonds is 3. The maximum Gasteiger partial charge on any atom is 0.252 e. The second-order valence-electron chi connectivity index (χ2n) is 5.52. The summed E-state index contributed by atoms with van der Waals surface area (Å²) in [6, 6.07) is 1.75. The molecule has 0 saturated heterocycles. The number of anilines is 1. The normalized spacial score (nSPS) is 17.0. The van der Waals surface area contributed by atoms with Gasteiger partial charge in [-0.3, -0.25) is 4.79 Å². The molecule has 3 rings (SSSR count). The van der Waals surface area contributed by atoms with Crippen LogP contribution in [0, 0.1) is 17.5 Å². The first-order valence-electron chi connectivity index (χ1n) is 7.23. The van der Waals surface area contributed by atoms with E-state index < -0.39 is 34.6 Å². The third-order valence-corrected chi connectivity index (χ3v) is 4.17. The average Bonchev–Trinajstić information content (AvgIpc) is 3.11. The Hall–Kier alpha value is -2.45. The third kappa shape index (κ3) is 2.66. The average molecular weight is 325 g/mol. The zero-order chi connectivity index (χ0) is 16.4. The molecule has 0 radical (unpaired) electrons. The van der Waals surface area contributed by atoms with Crippen molar-refractivity contribution in [1.82, 2.24) is 20.2 Å². The van der Waals surface area contributed by atoms with Gasteiger partial charge in [0.25, 0.3) is 5.91 Å². The number of benzene rings is 1. The van der Waals surface area contributed by atoms with E-state index in [0.29, 0.717) is 12.8 Å². The minimum atomic E-state index is -1.62. The first-order valence-corrected chi connectivity index (χ1v) is 7.23. The van der Waals surface area contributed by atoms with E-state index >= 15 is 0 Å². The Kier molecular flexibility index (Phi) is 4.01. The summed E-state index contributed by atoms with van der Waals surface area (Å²) in [4.78, 5) is 12.7. The van der Waals surface area contributed by atoms with Crippen LogP contribution in [0.4, 0.5) is 18.9 Å². The minimum Gasteiger partial charge on any atom is -0.321 e. The van der Waals surface area contributed by atoms with Crippen molar-refractivity contribution >= 4 is 11.6 Å². The summed E-state index contributed by atoms with van der Waals surface area (Å²) in [6.45, 7) is 0. The van der Waals surface area contributed by atoms with Crippen molar-refractivity contribution in [1.29, 1.82) is 0 Å². The number of amides is 1. The number of hydrogen-bond acceptors (Lipinski definition) is 4. The van der Waals surface area contributed by atoms with Crippen LogP contribution in [0.3, 0.4) is 0 Å². The number of carbonyl (C=O) groups excluding carboxylic acids is 1. The van der Waals surface area contributed by atoms with Crippen molar-refractivity contribution in [3.05, 3.63) is 35.9 Å². The Balaban J connectivity index is 1.92. The lowest BCUT2D eigenvalue weighted by atomic mass is 9.81. The van der Waals surface area contributed by atoms with Gasteiger partial charge in [-0.1, -0.05) is 19.3 Å². The van der Waals surface area contributed by atoms with Crippen LogP contribution in [0.25, 0.3) is 0 Å². The Bertz CT molecular complexity index is 713. The molecule has 1 aromatic carbocycles. The van der Waals surface area contributed by atoms with Crippen LogP contribution in [-0.2, 0) is 10.3 Å². The highest BCUT2D eigenvalue weighted by molar-refractivity contribution is 5.96. The number of tetrazole rings is 1. The predicted molar refractivity (Wildman–Crippen MR) is 73.8 cm³/mol. The number of carbonyl (C=O) groups is 1. The summed E-state index contributed by atoms with van der Waals surface area (Å²) in [5, 5.41) is 13.2. The summed E-state index contributed by atoms with van der Waals surface area (Å²) in [5.74, 6) is -4.91. The molecular weight excluding hydrogens is 311 g/mol. The fraction of sp³-hybridized carbons (Fsp3) is 0.429. The van der Waals surface area contributed by atoms with Crippen LogP contribution < -0.4 is 5.32 Å². The number of hydrogen-bond donors (Lipinski definition) is 1. The first-order chi connectivity index (χ1) is 11.0. The van der Waals surface area contributed by atoms with Gasteiger partial charge in [-0.25, -0.2) is 17.9 Å². The summed E-state index contributed by atoms with van der Waals surface area (Å²) >= 11 is 0. The Morgan fingerprint density at radius 2 is 1.87 bits per heavy atom. The number of nitrogens with one attached hydrogen (secondary N) is 1. The smallest absolute Gasteiger partial charge is 0.252 e. The topological polar surface area (TPSA) is 72.7 Å². The van der Waals surface area contributed by atoms with Crippen molar-refractivity contribution < 1.29 is 18.0 Å². The van der Waals surface area contributed by atoms with Gasteiger partial charge in [-0.15, -0.1) is 5.10 Å². The SMILES string of the molecule is O=C(Nc1ccc(F)c(F)c1F)C1(n2cnnn2)CCCCC1. The highest BCUT2D eigenvalue weighted by Crippen LogP contribution is 2.35. The molecule has 0 unspecified atom stereocenters. The highest BCUT2D eigenvalue weighted by Gasteiger charge is 2.43. The van der Waals surface area contributed by atoms with E-state index in [-0.39, 0.29) is 0 Å². The van der Waals surface area contributed by atoms with E-state index in [1.807, 2.05) is 0 Å². The van der Waals surface area contributed by atoms with Gasteiger partial charge < -0.3 is 5.32 Å². The lowest BCUT2D eigenvalue weighted by Crippen LogP contribution is -2.47. The number of aromatic nitrogens is 4. The molecule has 1 amide bonds. The molecule has 23 heavy (non-hydrogen) atoms. The van der Waals surface area contributed by atoms with Crippen molar-refractivity contribution in [3.8, 4) is 0 Å². The fourth-order valence-corrected chi connectivity index (χ4v) is 2.92. The predicted octanol–water partition coefficient (Wildman–Crippen LogP) is 2.39. The van der Waals surface area contributed by atoms with Gasteiger partial charge in [0, 0.05) is 0 Å². The van der Waals surface area contributed by atoms with Gasteiger partial charge in [0.1, 0.15) is 11.9 Å². The second-order valence-corrected chi connectivity index (χ2v) is 5.52. The van der Waals surface area contributed by atoms with E-state index in [1.165, 1.54) is 11.0 Å². The summed E-state index contributed by atoms with van der Waals surface area (Å²) < 4.78 is 41.4. The molecule has 1 aliphatic carbocycles. The summed E-state index contributed by atoms with van der Waals surface area (Å²) in [6.07, 6.45) is 4.83. The van der Waals surface area contributed by atoms with E-state index in [1.54, 1.807) is 0 Å². The van der Waals surface area contributed by atoms with Gasteiger partial charge in [-0.2, -0.15) is 0 Å². The molecular formula is C14H14F3N5O. The van der Waals surface area contributed by atoms with Crippen LogP contribution in [0.1, 0.15) is 32.1 Å². The van der Waals surface area contributed by atoms with E-state index in [2.05, 4.69) is 20.8 Å². The zero-order valence-electron chi connectivity index (χ0n) is 12.1. The van der Waals surface area contributed by atoms with Crippen LogP contribution in [0.2, 0.25) is 0 Å². The summed E-state index contributed by atoms with van der Waals surface area (Å²) in [7, 11) is 0. The molecule has 2 aromatic rings. The van der Waals surface area contributed by atoms with E-state index in [4.69, 9.17) is 0 Å². The Morgan fingerprint density at radius 3 is 2.52 bits per heavy atom. The van der Waals surface area contributed by atoms with Crippen molar-refractivity contribution in [2.75, 3.05) is 5.32 Å². The molecule has 0 aliphatic heterocycles. The lowest BCUT2D eigenvalue weighted by Gasteiger charge is -2.35. The number of halogens is 3. The summed E-state index contributed by atoms with van der Waals surface area (Å²) in [5.41, 5.74) is -1.47. The monoisotopic (exact) mass is 325 g/mol. The van der Waals surface area contributed by atoms with Crippen LogP contribution in [-0.4, -0.2) is 26.1 Å². The second kappa shape index (κ2) is 5.98. The molecule has 6 nitrogen and oxygen atoms in total. The van der Waals surface area contributed by atoms with Gasteiger partial charge in [-0.05, 0) is 35.4 Å². The highest BCUT2D eigenvalue weighted by atomic mass is 19.2. The Labute approximate surface area is 129 Å². The molecule has 1 aromatic heterocycles. The largest absolute Gasteiger partial charge is 0.321 e. The molecule has 1 N–H and O–H groups in total. The maximum atomic E-state index is 13.8. The molecule has 1 heterocycles. The molecule has 1 fully saturated rings. The molecule has 0 spiro atoms. The van der Waals surface area contributed by atoms with Gasteiger partial charge in [0.05, 0.1) is 5.69 Å². The van der Waals surface area contributed by atoms with E-state index in [0.717, 1.165) is 31.4 Å². The van der Waals surface area contributed by atoms with Crippen LogP contribution in [0.5, 0.6) is 0 Å². The zero-order valence-corrected chi connectivity index (χ0v) is 12.1. The standard InChI is InChI=1S/C14H14F3N5O/c15-9-4-5-10(12(17)11(9)16)19-13(23)14(6-2-1-3-7-14)22-8-18-20-21-22/h4-5,8H,1-3,6-7H2,(H,19,23). The molecule has 9 heteroatoms. The van der Waals surface area contributed by atoms with Gasteiger partial charge >= 0.3 is 0 Å². The van der Waals surface area contributed by atoms with Crippen molar-refractivity contribution in [2.45, 2.75) is 37.6 Å². The quantitative estimate of drug-likeness (QED) is 0.880. The molecule has 0 atom stereocenters. The van der Waals surface area contributed by atoms with E-state index in [9.17, 15) is 18.0 Å². The third-order valence-electron chi connectivity index (χ3n) is 4.17. The van der Waals surface area contributed by atoms with Crippen molar-refractivity contribution in [3.63, 3.8) is 0 Å². The lowest BCUT2D eigenvalue weighted by molar-refractivity contribution is -0.126. The maximum absolute atomic E-state index is 13.8. The minimum absolute atomic E-state index is 0.410. The molecule has 0 bridgehead atoms. The van der Waals surface area contributed by atoms with Gasteiger partial charge in [0.15, 0.2) is 17.5 Å².